The lowest BCUT2D eigenvalue weighted by Crippen LogP contribution is -2.37. The number of nitrogens with two attached hydrogens (primary N) is 1. The minimum atomic E-state index is 0.234. The standard InChI is InChI=1S/C11H18N4O2/c1-15(8-3-5-17-6-4-8)9-7-10(16-2)14-11(12)13-9/h7-8H,3-6H2,1-2H3,(H2,12,13,14). The molecule has 1 aliphatic rings. The molecule has 0 saturated carbocycles. The third kappa shape index (κ3) is 2.76. The van der Waals surface area contributed by atoms with Crippen LogP contribution in [0.5, 0.6) is 5.88 Å². The quantitative estimate of drug-likeness (QED) is 0.835. The third-order valence-corrected chi connectivity index (χ3v) is 3.02. The van der Waals surface area contributed by atoms with Crippen LogP contribution in [0.25, 0.3) is 0 Å². The Hall–Kier alpha value is -1.56. The Morgan fingerprint density at radius 2 is 2.12 bits per heavy atom. The van der Waals surface area contributed by atoms with E-state index in [0.717, 1.165) is 31.9 Å². The number of ether oxygens (including phenoxy) is 2. The summed E-state index contributed by atoms with van der Waals surface area (Å²) in [6.45, 7) is 1.60. The van der Waals surface area contributed by atoms with Crippen LogP contribution in [0.4, 0.5) is 11.8 Å². The average molecular weight is 238 g/mol. The van der Waals surface area contributed by atoms with E-state index < -0.39 is 0 Å². The van der Waals surface area contributed by atoms with Gasteiger partial charge in [-0.2, -0.15) is 9.97 Å². The molecule has 1 saturated heterocycles. The van der Waals surface area contributed by atoms with Gasteiger partial charge in [-0.15, -0.1) is 0 Å². The maximum Gasteiger partial charge on any atom is 0.225 e. The van der Waals surface area contributed by atoms with E-state index >= 15 is 0 Å². The van der Waals surface area contributed by atoms with Gasteiger partial charge in [-0.1, -0.05) is 0 Å². The first-order chi connectivity index (χ1) is 8.20. The molecule has 0 amide bonds. The van der Waals surface area contributed by atoms with Crippen LogP contribution in [0.3, 0.4) is 0 Å². The molecule has 17 heavy (non-hydrogen) atoms. The lowest BCUT2D eigenvalue weighted by molar-refractivity contribution is 0.0853. The molecule has 6 nitrogen and oxygen atoms in total. The monoisotopic (exact) mass is 238 g/mol. The molecule has 1 aromatic rings. The van der Waals surface area contributed by atoms with Crippen LogP contribution in [-0.4, -0.2) is 43.4 Å². The second-order valence-corrected chi connectivity index (χ2v) is 4.08. The molecule has 2 N–H and O–H groups in total. The van der Waals surface area contributed by atoms with Crippen molar-refractivity contribution in [1.82, 2.24) is 9.97 Å². The molecule has 1 aromatic heterocycles. The number of aromatic nitrogens is 2. The Balaban J connectivity index is 2.17. The van der Waals surface area contributed by atoms with Gasteiger partial charge in [-0.3, -0.25) is 0 Å². The molecule has 0 radical (unpaired) electrons. The van der Waals surface area contributed by atoms with Gasteiger partial charge >= 0.3 is 0 Å². The van der Waals surface area contributed by atoms with Crippen molar-refractivity contribution in [2.75, 3.05) is 38.0 Å². The van der Waals surface area contributed by atoms with Crippen LogP contribution in [0, 0.1) is 0 Å². The third-order valence-electron chi connectivity index (χ3n) is 3.02. The zero-order valence-electron chi connectivity index (χ0n) is 10.2. The summed E-state index contributed by atoms with van der Waals surface area (Å²) in [6.07, 6.45) is 2.01. The highest BCUT2D eigenvalue weighted by atomic mass is 16.5. The summed E-state index contributed by atoms with van der Waals surface area (Å²) in [5.74, 6) is 1.52. The maximum absolute atomic E-state index is 5.65. The summed E-state index contributed by atoms with van der Waals surface area (Å²) in [4.78, 5) is 10.3. The number of nitrogens with zero attached hydrogens (tertiary/aromatic N) is 3. The van der Waals surface area contributed by atoms with Crippen molar-refractivity contribution in [1.29, 1.82) is 0 Å². The van der Waals surface area contributed by atoms with Crippen LogP contribution in [0.1, 0.15) is 12.8 Å². The molecule has 0 bridgehead atoms. The minimum absolute atomic E-state index is 0.234. The SMILES string of the molecule is COc1cc(N(C)C2CCOCC2)nc(N)n1. The first kappa shape index (κ1) is 11.9. The number of hydrogen-bond donors (Lipinski definition) is 1. The average Bonchev–Trinajstić information content (AvgIpc) is 2.38. The molecule has 0 spiro atoms. The Morgan fingerprint density at radius 1 is 1.41 bits per heavy atom. The molecule has 0 aliphatic carbocycles. The second-order valence-electron chi connectivity index (χ2n) is 4.08. The van der Waals surface area contributed by atoms with Gasteiger partial charge in [0.2, 0.25) is 11.8 Å². The zero-order chi connectivity index (χ0) is 12.3. The van der Waals surface area contributed by atoms with Gasteiger partial charge in [0.1, 0.15) is 5.82 Å². The van der Waals surface area contributed by atoms with Crippen molar-refractivity contribution in [2.45, 2.75) is 18.9 Å². The van der Waals surface area contributed by atoms with Crippen LogP contribution in [0.15, 0.2) is 6.07 Å². The van der Waals surface area contributed by atoms with Crippen molar-refractivity contribution in [3.05, 3.63) is 6.07 Å². The summed E-state index contributed by atoms with van der Waals surface area (Å²) in [6, 6.07) is 2.23. The first-order valence-corrected chi connectivity index (χ1v) is 5.70. The molecule has 94 valence electrons. The predicted molar refractivity (Wildman–Crippen MR) is 65.2 cm³/mol. The fourth-order valence-electron chi connectivity index (χ4n) is 1.98. The summed E-state index contributed by atoms with van der Waals surface area (Å²) in [5, 5.41) is 0. The Morgan fingerprint density at radius 3 is 2.76 bits per heavy atom. The summed E-state index contributed by atoms with van der Waals surface area (Å²) in [7, 11) is 3.58. The fourth-order valence-corrected chi connectivity index (χ4v) is 1.98. The van der Waals surface area contributed by atoms with E-state index in [1.807, 2.05) is 7.05 Å². The van der Waals surface area contributed by atoms with E-state index in [4.69, 9.17) is 15.2 Å². The summed E-state index contributed by atoms with van der Waals surface area (Å²) >= 11 is 0. The van der Waals surface area contributed by atoms with Crippen molar-refractivity contribution < 1.29 is 9.47 Å². The minimum Gasteiger partial charge on any atom is -0.481 e. The Labute approximate surface area is 101 Å². The van der Waals surface area contributed by atoms with Gasteiger partial charge in [0.25, 0.3) is 0 Å². The summed E-state index contributed by atoms with van der Waals surface area (Å²) < 4.78 is 10.4. The number of methoxy groups -OCH3 is 1. The second kappa shape index (κ2) is 5.18. The lowest BCUT2D eigenvalue weighted by Gasteiger charge is -2.32. The van der Waals surface area contributed by atoms with E-state index in [9.17, 15) is 0 Å². The molecule has 6 heteroatoms. The van der Waals surface area contributed by atoms with Gasteiger partial charge in [0.05, 0.1) is 7.11 Å². The number of anilines is 2. The van der Waals surface area contributed by atoms with Gasteiger partial charge in [-0.05, 0) is 12.8 Å². The largest absolute Gasteiger partial charge is 0.481 e. The van der Waals surface area contributed by atoms with Crippen LogP contribution >= 0.6 is 0 Å². The van der Waals surface area contributed by atoms with Gasteiger partial charge in [0, 0.05) is 32.4 Å². The van der Waals surface area contributed by atoms with Gasteiger partial charge < -0.3 is 20.1 Å². The molecule has 0 aromatic carbocycles. The molecule has 2 rings (SSSR count). The highest BCUT2D eigenvalue weighted by molar-refractivity contribution is 5.45. The van der Waals surface area contributed by atoms with Crippen molar-refractivity contribution in [3.63, 3.8) is 0 Å². The van der Waals surface area contributed by atoms with Gasteiger partial charge in [-0.25, -0.2) is 0 Å². The van der Waals surface area contributed by atoms with Gasteiger partial charge in [0.15, 0.2) is 0 Å². The molecule has 1 fully saturated rings. The predicted octanol–water partition coefficient (Wildman–Crippen LogP) is 0.683. The van der Waals surface area contributed by atoms with E-state index in [2.05, 4.69) is 14.9 Å². The Bertz CT molecular complexity index is 380. The molecule has 0 atom stereocenters. The normalized spacial score (nSPS) is 16.8. The van der Waals surface area contributed by atoms with E-state index in [1.165, 1.54) is 0 Å². The number of nitrogen functional groups attached to an aromatic ring is 1. The molecular weight excluding hydrogens is 220 g/mol. The zero-order valence-corrected chi connectivity index (χ0v) is 10.2. The Kier molecular flexibility index (Phi) is 3.63. The fraction of sp³-hybridized carbons (Fsp3) is 0.636. The van der Waals surface area contributed by atoms with Crippen LogP contribution < -0.4 is 15.4 Å². The van der Waals surface area contributed by atoms with Crippen molar-refractivity contribution in [2.24, 2.45) is 0 Å². The van der Waals surface area contributed by atoms with E-state index in [-0.39, 0.29) is 5.95 Å². The van der Waals surface area contributed by atoms with Crippen molar-refractivity contribution >= 4 is 11.8 Å². The highest BCUT2D eigenvalue weighted by Crippen LogP contribution is 2.22. The van der Waals surface area contributed by atoms with Crippen LogP contribution in [0.2, 0.25) is 0 Å². The topological polar surface area (TPSA) is 73.5 Å². The van der Waals surface area contributed by atoms with Crippen molar-refractivity contribution in [3.8, 4) is 5.88 Å². The molecule has 2 heterocycles. The molecular formula is C11H18N4O2. The number of hydrogen-bond acceptors (Lipinski definition) is 6. The molecule has 0 unspecified atom stereocenters. The lowest BCUT2D eigenvalue weighted by atomic mass is 10.1. The number of rotatable bonds is 3. The smallest absolute Gasteiger partial charge is 0.225 e. The first-order valence-electron chi connectivity index (χ1n) is 5.70. The van der Waals surface area contributed by atoms with E-state index in [0.29, 0.717) is 11.9 Å². The van der Waals surface area contributed by atoms with Crippen LogP contribution in [-0.2, 0) is 4.74 Å². The molecule has 1 aliphatic heterocycles. The highest BCUT2D eigenvalue weighted by Gasteiger charge is 2.20. The maximum atomic E-state index is 5.65. The van der Waals surface area contributed by atoms with E-state index in [1.54, 1.807) is 13.2 Å². The summed E-state index contributed by atoms with van der Waals surface area (Å²) in [5.41, 5.74) is 5.65.